The zero-order chi connectivity index (χ0) is 10.6. The molecule has 3 aliphatic rings. The van der Waals surface area contributed by atoms with Crippen molar-refractivity contribution in [3.63, 3.8) is 0 Å². The van der Waals surface area contributed by atoms with Gasteiger partial charge >= 0.3 is 0 Å². The minimum absolute atomic E-state index is 1.05. The van der Waals surface area contributed by atoms with E-state index in [4.69, 9.17) is 0 Å². The van der Waals surface area contributed by atoms with E-state index >= 15 is 0 Å². The molecule has 0 aromatic carbocycles. The Kier molecular flexibility index (Phi) is 4.98. The smallest absolute Gasteiger partial charge is 0.0414 e. The summed E-state index contributed by atoms with van der Waals surface area (Å²) in [6.45, 7) is 9.13. The highest BCUT2D eigenvalue weighted by atomic mass is 14.3. The molecule has 0 heteroatoms. The SMILES string of the molecule is CC1CC1.CC1CC1C.CCC1CC1. The van der Waals surface area contributed by atoms with Crippen LogP contribution in [0.5, 0.6) is 0 Å². The van der Waals surface area contributed by atoms with Crippen LogP contribution >= 0.6 is 0 Å². The van der Waals surface area contributed by atoms with Crippen molar-refractivity contribution >= 4 is 0 Å². The van der Waals surface area contributed by atoms with Crippen molar-refractivity contribution in [2.75, 3.05) is 0 Å². The Bertz CT molecular complexity index is 136. The highest BCUT2D eigenvalue weighted by Crippen LogP contribution is 2.36. The summed E-state index contributed by atoms with van der Waals surface area (Å²) >= 11 is 0. The monoisotopic (exact) mass is 196 g/mol. The first-order chi connectivity index (χ1) is 6.63. The molecule has 3 saturated carbocycles. The summed E-state index contributed by atoms with van der Waals surface area (Å²) in [6.07, 6.45) is 8.88. The van der Waals surface area contributed by atoms with Gasteiger partial charge in [0.05, 0.1) is 0 Å². The van der Waals surface area contributed by atoms with Crippen LogP contribution in [-0.4, -0.2) is 0 Å². The van der Waals surface area contributed by atoms with Crippen LogP contribution in [0, 0.1) is 23.7 Å². The number of rotatable bonds is 1. The highest BCUT2D eigenvalue weighted by Gasteiger charge is 2.26. The Balaban J connectivity index is 0.000000106. The van der Waals surface area contributed by atoms with Crippen LogP contribution in [0.2, 0.25) is 0 Å². The lowest BCUT2D eigenvalue weighted by Crippen LogP contribution is -1.59. The molecule has 0 N–H and O–H groups in total. The van der Waals surface area contributed by atoms with Gasteiger partial charge in [0.25, 0.3) is 0 Å². The third kappa shape index (κ3) is 7.41. The molecule has 0 spiro atoms. The molecule has 0 nitrogen and oxygen atoms in total. The lowest BCUT2D eigenvalue weighted by atomic mass is 10.3. The Morgan fingerprint density at radius 1 is 0.857 bits per heavy atom. The molecule has 0 aromatic heterocycles. The fourth-order valence-electron chi connectivity index (χ4n) is 1.20. The van der Waals surface area contributed by atoms with Crippen molar-refractivity contribution in [3.05, 3.63) is 0 Å². The molecule has 14 heavy (non-hydrogen) atoms. The van der Waals surface area contributed by atoms with Crippen LogP contribution in [0.25, 0.3) is 0 Å². The van der Waals surface area contributed by atoms with Crippen LogP contribution in [0.3, 0.4) is 0 Å². The molecular formula is C14H28. The molecule has 0 aliphatic heterocycles. The van der Waals surface area contributed by atoms with Gasteiger partial charge in [-0.15, -0.1) is 0 Å². The van der Waals surface area contributed by atoms with Gasteiger partial charge in [0, 0.05) is 0 Å². The predicted octanol–water partition coefficient (Wildman–Crippen LogP) is 4.89. The fourth-order valence-corrected chi connectivity index (χ4v) is 1.20. The molecular weight excluding hydrogens is 168 g/mol. The third-order valence-corrected chi connectivity index (χ3v) is 3.65. The second-order valence-corrected chi connectivity index (χ2v) is 5.72. The van der Waals surface area contributed by atoms with Gasteiger partial charge in [-0.2, -0.15) is 0 Å². The van der Waals surface area contributed by atoms with Crippen molar-refractivity contribution in [1.29, 1.82) is 0 Å². The van der Waals surface area contributed by atoms with Crippen molar-refractivity contribution in [2.45, 2.75) is 66.2 Å². The first kappa shape index (κ1) is 12.1. The number of hydrogen-bond acceptors (Lipinski definition) is 0. The molecule has 3 fully saturated rings. The van der Waals surface area contributed by atoms with E-state index in [1.165, 1.54) is 38.5 Å². The summed E-state index contributed by atoms with van der Waals surface area (Å²) in [6, 6.07) is 0. The molecule has 0 amide bonds. The highest BCUT2D eigenvalue weighted by molar-refractivity contribution is 4.76. The van der Waals surface area contributed by atoms with Gasteiger partial charge in [-0.3, -0.25) is 0 Å². The second-order valence-electron chi connectivity index (χ2n) is 5.72. The van der Waals surface area contributed by atoms with Crippen LogP contribution in [-0.2, 0) is 0 Å². The van der Waals surface area contributed by atoms with E-state index in [0.717, 1.165) is 23.7 Å². The quantitative estimate of drug-likeness (QED) is 0.560. The normalized spacial score (nSPS) is 33.4. The molecule has 0 radical (unpaired) electrons. The third-order valence-electron chi connectivity index (χ3n) is 3.65. The lowest BCUT2D eigenvalue weighted by Gasteiger charge is -1.72. The van der Waals surface area contributed by atoms with Crippen LogP contribution < -0.4 is 0 Å². The molecule has 2 atom stereocenters. The maximum absolute atomic E-state index is 2.30. The summed E-state index contributed by atoms with van der Waals surface area (Å²) in [5.74, 6) is 4.32. The second kappa shape index (κ2) is 5.78. The van der Waals surface area contributed by atoms with Crippen LogP contribution in [0.15, 0.2) is 0 Å². The van der Waals surface area contributed by atoms with Gasteiger partial charge in [-0.05, 0) is 30.1 Å². The minimum Gasteiger partial charge on any atom is -0.0651 e. The Hall–Kier alpha value is 0. The average molecular weight is 196 g/mol. The van der Waals surface area contributed by atoms with E-state index in [1.807, 2.05) is 0 Å². The van der Waals surface area contributed by atoms with E-state index in [9.17, 15) is 0 Å². The Morgan fingerprint density at radius 3 is 1.21 bits per heavy atom. The summed E-state index contributed by atoms with van der Waals surface area (Å²) in [7, 11) is 0. The standard InChI is InChI=1S/2C5H10.C4H8/c1-4-3-5(4)2;1-2-5-3-4-5;1-4-2-3-4/h4-5H,3H2,1-2H3;5H,2-4H2,1H3;4H,2-3H2,1H3. The van der Waals surface area contributed by atoms with Gasteiger partial charge in [0.2, 0.25) is 0 Å². The zero-order valence-corrected chi connectivity index (χ0v) is 10.6. The Morgan fingerprint density at radius 2 is 1.21 bits per heavy atom. The van der Waals surface area contributed by atoms with Crippen molar-refractivity contribution in [1.82, 2.24) is 0 Å². The van der Waals surface area contributed by atoms with Crippen LogP contribution in [0.1, 0.15) is 66.2 Å². The fraction of sp³-hybridized carbons (Fsp3) is 1.00. The van der Waals surface area contributed by atoms with E-state index in [2.05, 4.69) is 27.7 Å². The first-order valence-electron chi connectivity index (χ1n) is 6.63. The van der Waals surface area contributed by atoms with Gasteiger partial charge in [-0.1, -0.05) is 59.8 Å². The molecule has 2 unspecified atom stereocenters. The van der Waals surface area contributed by atoms with E-state index in [-0.39, 0.29) is 0 Å². The lowest BCUT2D eigenvalue weighted by molar-refractivity contribution is 0.799. The number of hydrogen-bond donors (Lipinski definition) is 0. The zero-order valence-electron chi connectivity index (χ0n) is 10.6. The maximum atomic E-state index is 2.30. The van der Waals surface area contributed by atoms with Crippen LogP contribution in [0.4, 0.5) is 0 Å². The van der Waals surface area contributed by atoms with E-state index in [0.29, 0.717) is 0 Å². The molecule has 84 valence electrons. The predicted molar refractivity (Wildman–Crippen MR) is 64.4 cm³/mol. The minimum atomic E-state index is 1.05. The topological polar surface area (TPSA) is 0 Å². The molecule has 3 rings (SSSR count). The van der Waals surface area contributed by atoms with Crippen molar-refractivity contribution in [2.24, 2.45) is 23.7 Å². The maximum Gasteiger partial charge on any atom is -0.0414 e. The molecule has 0 heterocycles. The van der Waals surface area contributed by atoms with Gasteiger partial charge in [-0.25, -0.2) is 0 Å². The largest absolute Gasteiger partial charge is 0.0651 e. The average Bonchev–Trinajstić information content (AvgIpc) is 2.94. The van der Waals surface area contributed by atoms with E-state index < -0.39 is 0 Å². The first-order valence-corrected chi connectivity index (χ1v) is 6.63. The molecule has 3 aliphatic carbocycles. The van der Waals surface area contributed by atoms with Crippen molar-refractivity contribution < 1.29 is 0 Å². The Labute approximate surface area is 90.5 Å². The van der Waals surface area contributed by atoms with Gasteiger partial charge in [0.1, 0.15) is 0 Å². The van der Waals surface area contributed by atoms with Gasteiger partial charge < -0.3 is 0 Å². The molecule has 0 aromatic rings. The van der Waals surface area contributed by atoms with Crippen molar-refractivity contribution in [3.8, 4) is 0 Å². The summed E-state index contributed by atoms with van der Waals surface area (Å²) in [4.78, 5) is 0. The summed E-state index contributed by atoms with van der Waals surface area (Å²) < 4.78 is 0. The van der Waals surface area contributed by atoms with E-state index in [1.54, 1.807) is 0 Å². The summed E-state index contributed by atoms with van der Waals surface area (Å²) in [5, 5.41) is 0. The molecule has 0 saturated heterocycles. The summed E-state index contributed by atoms with van der Waals surface area (Å²) in [5.41, 5.74) is 0. The van der Waals surface area contributed by atoms with Gasteiger partial charge in [0.15, 0.2) is 0 Å². The molecule has 0 bridgehead atoms.